The van der Waals surface area contributed by atoms with Gasteiger partial charge in [-0.1, -0.05) is 95.7 Å². The quantitative estimate of drug-likeness (QED) is 0.236. The molecular weight excluding hydrogens is 416 g/mol. The summed E-state index contributed by atoms with van der Waals surface area (Å²) < 4.78 is 28.4. The summed E-state index contributed by atoms with van der Waals surface area (Å²) in [6, 6.07) is 15.0. The number of aryl methyl sites for hydroxylation is 1. The second-order valence-electron chi connectivity index (χ2n) is 9.10. The van der Waals surface area contributed by atoms with Crippen LogP contribution in [0.3, 0.4) is 0 Å². The topological polar surface area (TPSA) is 61.2 Å². The molecule has 176 valence electrons. The average molecular weight is 457 g/mol. The van der Waals surface area contributed by atoms with Crippen molar-refractivity contribution >= 4 is 16.2 Å². The van der Waals surface area contributed by atoms with Crippen molar-refractivity contribution < 1.29 is 8.42 Å². The van der Waals surface area contributed by atoms with Crippen LogP contribution < -0.4 is 0 Å². The van der Waals surface area contributed by atoms with Gasteiger partial charge in [-0.3, -0.25) is 0 Å². The number of benzene rings is 2. The van der Waals surface area contributed by atoms with E-state index in [2.05, 4.69) is 19.1 Å². The lowest BCUT2D eigenvalue weighted by atomic mass is 10.0. The van der Waals surface area contributed by atoms with Crippen LogP contribution in [0.2, 0.25) is 0 Å². The first-order valence-corrected chi connectivity index (χ1v) is 13.5. The molecule has 0 unspecified atom stereocenters. The fourth-order valence-corrected chi connectivity index (χ4v) is 5.59. The first kappa shape index (κ1) is 26.3. The highest BCUT2D eigenvalue weighted by atomic mass is 32.2. The predicted octanol–water partition coefficient (Wildman–Crippen LogP) is 6.82. The van der Waals surface area contributed by atoms with E-state index in [0.717, 1.165) is 12.0 Å². The highest BCUT2D eigenvalue weighted by molar-refractivity contribution is 7.89. The second-order valence-corrected chi connectivity index (χ2v) is 11.0. The van der Waals surface area contributed by atoms with Gasteiger partial charge in [0.1, 0.15) is 0 Å². The summed E-state index contributed by atoms with van der Waals surface area (Å²) in [6.07, 6.45) is 11.2. The smallest absolute Gasteiger partial charge is 0.243 e. The molecule has 0 aliphatic rings. The van der Waals surface area contributed by atoms with E-state index in [1.54, 1.807) is 28.6 Å². The van der Waals surface area contributed by atoms with Gasteiger partial charge in [0.2, 0.25) is 10.0 Å². The number of rotatable bonds is 15. The monoisotopic (exact) mass is 456 g/mol. The Morgan fingerprint density at radius 2 is 1.56 bits per heavy atom. The molecule has 32 heavy (non-hydrogen) atoms. The van der Waals surface area contributed by atoms with Crippen molar-refractivity contribution in [1.29, 1.82) is 5.41 Å². The van der Waals surface area contributed by atoms with Crippen molar-refractivity contribution in [2.75, 3.05) is 6.54 Å². The molecule has 1 N–H and O–H groups in total. The molecule has 0 fully saturated rings. The fourth-order valence-electron chi connectivity index (χ4n) is 3.94. The molecule has 0 heterocycles. The van der Waals surface area contributed by atoms with Crippen molar-refractivity contribution in [3.8, 4) is 0 Å². The zero-order chi connectivity index (χ0) is 23.4. The van der Waals surface area contributed by atoms with E-state index in [0.29, 0.717) is 18.7 Å². The average Bonchev–Trinajstić information content (AvgIpc) is 2.78. The predicted molar refractivity (Wildman–Crippen MR) is 135 cm³/mol. The number of unbranched alkanes of at least 4 members (excludes halogenated alkanes) is 6. The van der Waals surface area contributed by atoms with E-state index in [4.69, 9.17) is 5.41 Å². The van der Waals surface area contributed by atoms with Crippen LogP contribution in [0.5, 0.6) is 0 Å². The normalized spacial score (nSPS) is 11.9. The molecule has 0 spiro atoms. The zero-order valence-corrected chi connectivity index (χ0v) is 20.8. The molecule has 0 amide bonds. The Hall–Kier alpha value is -1.98. The molecular formula is C27H40N2O2S. The molecule has 0 bridgehead atoms. The molecule has 0 radical (unpaired) electrons. The van der Waals surface area contributed by atoms with Gasteiger partial charge >= 0.3 is 0 Å². The van der Waals surface area contributed by atoms with Gasteiger partial charge in [-0.25, -0.2) is 8.42 Å². The molecule has 2 aromatic rings. The molecule has 0 saturated carbocycles. The second kappa shape index (κ2) is 13.5. The summed E-state index contributed by atoms with van der Waals surface area (Å²) in [5, 5.41) is 7.45. The Balaban J connectivity index is 2.07. The molecule has 2 aromatic carbocycles. The number of nitrogens with zero attached hydrogens (tertiary/aromatic N) is 1. The third-order valence-electron chi connectivity index (χ3n) is 5.65. The van der Waals surface area contributed by atoms with Crippen molar-refractivity contribution in [2.45, 2.75) is 83.6 Å². The highest BCUT2D eigenvalue weighted by Gasteiger charge is 2.25. The van der Waals surface area contributed by atoms with Crippen molar-refractivity contribution in [2.24, 2.45) is 5.92 Å². The van der Waals surface area contributed by atoms with Gasteiger partial charge in [0.15, 0.2) is 0 Å². The van der Waals surface area contributed by atoms with Gasteiger partial charge in [0, 0.05) is 19.3 Å². The van der Waals surface area contributed by atoms with E-state index in [1.807, 2.05) is 26.0 Å². The maximum atomic E-state index is 13.4. The summed E-state index contributed by atoms with van der Waals surface area (Å²) in [5.41, 5.74) is 2.90. The zero-order valence-electron chi connectivity index (χ0n) is 20.0. The minimum atomic E-state index is -3.64. The van der Waals surface area contributed by atoms with Crippen LogP contribution in [-0.4, -0.2) is 25.5 Å². The minimum Gasteiger partial charge on any atom is -0.308 e. The lowest BCUT2D eigenvalue weighted by molar-refractivity contribution is 0.362. The lowest BCUT2D eigenvalue weighted by Gasteiger charge is -2.24. The van der Waals surface area contributed by atoms with E-state index in [-0.39, 0.29) is 10.8 Å². The number of hydrogen-bond acceptors (Lipinski definition) is 3. The summed E-state index contributed by atoms with van der Waals surface area (Å²) in [7, 11) is -3.64. The highest BCUT2D eigenvalue weighted by Crippen LogP contribution is 2.22. The standard InChI is InChI=1S/C27H40N2O2S/c1-4-5-6-7-8-9-10-13-24-14-11-16-26(18-24)22-29(21-23(2)3)32(30,31)27-17-12-15-25(19-27)20-28/h11-12,14-20,23,28H,4-10,13,21-22H2,1-3H3. The van der Waals surface area contributed by atoms with Gasteiger partial charge in [0.05, 0.1) is 4.90 Å². The molecule has 0 atom stereocenters. The maximum Gasteiger partial charge on any atom is 0.243 e. The van der Waals surface area contributed by atoms with E-state index in [1.165, 1.54) is 56.7 Å². The molecule has 0 saturated heterocycles. The minimum absolute atomic E-state index is 0.214. The third kappa shape index (κ3) is 8.51. The summed E-state index contributed by atoms with van der Waals surface area (Å²) >= 11 is 0. The molecule has 0 aliphatic heterocycles. The molecule has 2 rings (SSSR count). The number of nitrogens with one attached hydrogen (secondary N) is 1. The lowest BCUT2D eigenvalue weighted by Crippen LogP contribution is -2.34. The van der Waals surface area contributed by atoms with Crippen molar-refractivity contribution in [3.63, 3.8) is 0 Å². The van der Waals surface area contributed by atoms with Crippen LogP contribution in [0, 0.1) is 11.3 Å². The van der Waals surface area contributed by atoms with E-state index >= 15 is 0 Å². The van der Waals surface area contributed by atoms with Crippen LogP contribution in [-0.2, 0) is 23.0 Å². The van der Waals surface area contributed by atoms with Gasteiger partial charge in [-0.2, -0.15) is 4.31 Å². The van der Waals surface area contributed by atoms with E-state index in [9.17, 15) is 8.42 Å². The van der Waals surface area contributed by atoms with Gasteiger partial charge in [-0.15, -0.1) is 0 Å². The third-order valence-corrected chi connectivity index (χ3v) is 7.46. The van der Waals surface area contributed by atoms with Crippen molar-refractivity contribution in [3.05, 3.63) is 65.2 Å². The Morgan fingerprint density at radius 1 is 0.906 bits per heavy atom. The van der Waals surface area contributed by atoms with Gasteiger partial charge < -0.3 is 5.41 Å². The van der Waals surface area contributed by atoms with Gasteiger partial charge in [0.25, 0.3) is 0 Å². The molecule has 4 nitrogen and oxygen atoms in total. The van der Waals surface area contributed by atoms with Crippen molar-refractivity contribution in [1.82, 2.24) is 4.31 Å². The molecule has 0 aliphatic carbocycles. The Labute approximate surface area is 195 Å². The number of hydrogen-bond donors (Lipinski definition) is 1. The fraction of sp³-hybridized carbons (Fsp3) is 0.519. The Kier molecular flexibility index (Phi) is 11.1. The maximum absolute atomic E-state index is 13.4. The first-order chi connectivity index (χ1) is 15.4. The van der Waals surface area contributed by atoms with E-state index < -0.39 is 10.0 Å². The molecule has 0 aromatic heterocycles. The summed E-state index contributed by atoms with van der Waals surface area (Å²) in [4.78, 5) is 0.248. The number of sulfonamides is 1. The summed E-state index contributed by atoms with van der Waals surface area (Å²) in [6.45, 7) is 7.13. The SMILES string of the molecule is CCCCCCCCCc1cccc(CN(CC(C)C)S(=O)(=O)c2cccc(C=N)c2)c1. The Bertz CT molecular complexity index is 938. The Morgan fingerprint density at radius 3 is 2.25 bits per heavy atom. The van der Waals surface area contributed by atoms with Crippen LogP contribution in [0.15, 0.2) is 53.4 Å². The van der Waals surface area contributed by atoms with Crippen LogP contribution in [0.1, 0.15) is 82.4 Å². The largest absolute Gasteiger partial charge is 0.308 e. The van der Waals surface area contributed by atoms with Crippen LogP contribution in [0.25, 0.3) is 0 Å². The molecule has 5 heteroatoms. The van der Waals surface area contributed by atoms with Crippen LogP contribution in [0.4, 0.5) is 0 Å². The first-order valence-electron chi connectivity index (χ1n) is 12.0. The van der Waals surface area contributed by atoms with Gasteiger partial charge in [-0.05, 0) is 47.6 Å². The summed E-state index contributed by atoms with van der Waals surface area (Å²) in [5.74, 6) is 0.214. The van der Waals surface area contributed by atoms with Crippen LogP contribution >= 0.6 is 0 Å².